The third kappa shape index (κ3) is 3.35. The average molecular weight is 353 g/mol. The highest BCUT2D eigenvalue weighted by atomic mass is 16.5. The van der Waals surface area contributed by atoms with Gasteiger partial charge in [0.1, 0.15) is 5.82 Å². The number of aromatic amines is 1. The van der Waals surface area contributed by atoms with Crippen molar-refractivity contribution in [3.8, 4) is 22.9 Å². The van der Waals surface area contributed by atoms with Crippen molar-refractivity contribution in [2.75, 3.05) is 19.5 Å². The van der Waals surface area contributed by atoms with E-state index in [1.165, 1.54) is 0 Å². The van der Waals surface area contributed by atoms with Crippen molar-refractivity contribution in [3.05, 3.63) is 35.9 Å². The molecule has 1 heterocycles. The third-order valence-corrected chi connectivity index (χ3v) is 4.28. The lowest BCUT2D eigenvalue weighted by Crippen LogP contribution is -2.18. The number of nitrogens with one attached hydrogen (secondary N) is 2. The van der Waals surface area contributed by atoms with Gasteiger partial charge in [0, 0.05) is 29.3 Å². The molecule has 0 aliphatic heterocycles. The number of carbonyl (C=O) groups excluding carboxylic acids is 1. The molecule has 2 aromatic carbocycles. The number of aromatic nitrogens is 2. The van der Waals surface area contributed by atoms with Gasteiger partial charge >= 0.3 is 0 Å². The number of amides is 1. The summed E-state index contributed by atoms with van der Waals surface area (Å²) in [4.78, 5) is 20.0. The number of H-pyrrole nitrogens is 1. The molecule has 0 bridgehead atoms. The van der Waals surface area contributed by atoms with Crippen LogP contribution < -0.4 is 14.8 Å². The van der Waals surface area contributed by atoms with Crippen LogP contribution in [0, 0.1) is 12.8 Å². The average Bonchev–Trinajstić information content (AvgIpc) is 3.04. The zero-order chi connectivity index (χ0) is 18.8. The summed E-state index contributed by atoms with van der Waals surface area (Å²) in [7, 11) is 3.20. The number of ether oxygens (including phenoxy) is 2. The maximum Gasteiger partial charge on any atom is 0.226 e. The van der Waals surface area contributed by atoms with Crippen molar-refractivity contribution >= 4 is 22.6 Å². The molecule has 0 fully saturated rings. The van der Waals surface area contributed by atoms with Gasteiger partial charge in [-0.1, -0.05) is 26.0 Å². The monoisotopic (exact) mass is 353 g/mol. The molecule has 0 saturated heterocycles. The Bertz CT molecular complexity index is 919. The molecule has 136 valence electrons. The minimum atomic E-state index is -0.0795. The molecule has 0 aliphatic rings. The second kappa shape index (κ2) is 7.07. The zero-order valence-electron chi connectivity index (χ0n) is 15.6. The first-order valence-electron chi connectivity index (χ1n) is 8.46. The fourth-order valence-corrected chi connectivity index (χ4v) is 2.65. The van der Waals surface area contributed by atoms with Crippen LogP contribution in [-0.2, 0) is 4.79 Å². The van der Waals surface area contributed by atoms with Crippen LogP contribution in [0.4, 0.5) is 5.69 Å². The standard InChI is InChI=1S/C20H23N3O3/c1-11(2)20(24)23-14-8-13(7-6-12(14)3)19-21-15-9-17(25-4)18(26-5)10-16(15)22-19/h6-11H,1-5H3,(H,21,22)(H,23,24). The van der Waals surface area contributed by atoms with E-state index in [1.54, 1.807) is 14.2 Å². The smallest absolute Gasteiger partial charge is 0.226 e. The number of benzene rings is 2. The summed E-state index contributed by atoms with van der Waals surface area (Å²) >= 11 is 0. The van der Waals surface area contributed by atoms with E-state index in [9.17, 15) is 4.79 Å². The van der Waals surface area contributed by atoms with E-state index in [0.717, 1.165) is 33.7 Å². The number of rotatable bonds is 5. The first kappa shape index (κ1) is 17.8. The van der Waals surface area contributed by atoms with Crippen LogP contribution >= 0.6 is 0 Å². The summed E-state index contributed by atoms with van der Waals surface area (Å²) < 4.78 is 10.7. The van der Waals surface area contributed by atoms with Crippen molar-refractivity contribution in [1.82, 2.24) is 9.97 Å². The second-order valence-corrected chi connectivity index (χ2v) is 6.48. The molecule has 0 unspecified atom stereocenters. The first-order chi connectivity index (χ1) is 12.4. The maximum absolute atomic E-state index is 12.0. The fourth-order valence-electron chi connectivity index (χ4n) is 2.65. The highest BCUT2D eigenvalue weighted by Crippen LogP contribution is 2.33. The van der Waals surface area contributed by atoms with Gasteiger partial charge in [-0.15, -0.1) is 0 Å². The molecule has 6 heteroatoms. The lowest BCUT2D eigenvalue weighted by atomic mass is 10.1. The first-order valence-corrected chi connectivity index (χ1v) is 8.46. The summed E-state index contributed by atoms with van der Waals surface area (Å²) in [6, 6.07) is 9.58. The molecule has 2 N–H and O–H groups in total. The summed E-state index contributed by atoms with van der Waals surface area (Å²) in [6.07, 6.45) is 0. The van der Waals surface area contributed by atoms with Crippen LogP contribution in [0.1, 0.15) is 19.4 Å². The SMILES string of the molecule is COc1cc2nc(-c3ccc(C)c(NC(=O)C(C)C)c3)[nH]c2cc1OC. The van der Waals surface area contributed by atoms with Crippen LogP contribution in [0.15, 0.2) is 30.3 Å². The fraction of sp³-hybridized carbons (Fsp3) is 0.300. The Morgan fingerprint density at radius 1 is 1.12 bits per heavy atom. The van der Waals surface area contributed by atoms with Gasteiger partial charge in [0.2, 0.25) is 5.91 Å². The number of fused-ring (bicyclic) bond motifs is 1. The number of hydrogen-bond donors (Lipinski definition) is 2. The Morgan fingerprint density at radius 2 is 1.81 bits per heavy atom. The Kier molecular flexibility index (Phi) is 4.84. The highest BCUT2D eigenvalue weighted by Gasteiger charge is 2.13. The van der Waals surface area contributed by atoms with Crippen LogP contribution in [-0.4, -0.2) is 30.1 Å². The molecule has 0 aliphatic carbocycles. The van der Waals surface area contributed by atoms with E-state index in [1.807, 2.05) is 51.1 Å². The van der Waals surface area contributed by atoms with Crippen LogP contribution in [0.5, 0.6) is 11.5 Å². The van der Waals surface area contributed by atoms with E-state index in [4.69, 9.17) is 9.47 Å². The molecular weight excluding hydrogens is 330 g/mol. The van der Waals surface area contributed by atoms with E-state index in [-0.39, 0.29) is 11.8 Å². The Balaban J connectivity index is 2.02. The van der Waals surface area contributed by atoms with Gasteiger partial charge in [-0.2, -0.15) is 0 Å². The molecule has 3 aromatic rings. The van der Waals surface area contributed by atoms with Gasteiger partial charge in [-0.05, 0) is 18.6 Å². The molecule has 26 heavy (non-hydrogen) atoms. The second-order valence-electron chi connectivity index (χ2n) is 6.48. The topological polar surface area (TPSA) is 76.2 Å². The van der Waals surface area contributed by atoms with E-state index >= 15 is 0 Å². The predicted molar refractivity (Wildman–Crippen MR) is 103 cm³/mol. The van der Waals surface area contributed by atoms with Crippen molar-refractivity contribution < 1.29 is 14.3 Å². The number of hydrogen-bond acceptors (Lipinski definition) is 4. The summed E-state index contributed by atoms with van der Waals surface area (Å²) in [5.41, 5.74) is 4.32. The number of nitrogens with zero attached hydrogens (tertiary/aromatic N) is 1. The van der Waals surface area contributed by atoms with Gasteiger partial charge in [0.15, 0.2) is 11.5 Å². The van der Waals surface area contributed by atoms with Gasteiger partial charge in [-0.25, -0.2) is 4.98 Å². The lowest BCUT2D eigenvalue weighted by Gasteiger charge is -2.11. The Labute approximate surface area is 152 Å². The Hall–Kier alpha value is -3.02. The van der Waals surface area contributed by atoms with Crippen LogP contribution in [0.25, 0.3) is 22.4 Å². The number of imidazole rings is 1. The molecule has 1 aromatic heterocycles. The minimum Gasteiger partial charge on any atom is -0.493 e. The Morgan fingerprint density at radius 3 is 2.46 bits per heavy atom. The minimum absolute atomic E-state index is 0.00988. The number of anilines is 1. The molecule has 1 amide bonds. The van der Waals surface area contributed by atoms with Crippen molar-refractivity contribution in [2.45, 2.75) is 20.8 Å². The normalized spacial score (nSPS) is 11.0. The molecule has 0 saturated carbocycles. The zero-order valence-corrected chi connectivity index (χ0v) is 15.6. The van der Waals surface area contributed by atoms with Gasteiger partial charge < -0.3 is 19.8 Å². The van der Waals surface area contributed by atoms with Crippen molar-refractivity contribution in [1.29, 1.82) is 0 Å². The lowest BCUT2D eigenvalue weighted by molar-refractivity contribution is -0.118. The van der Waals surface area contributed by atoms with E-state index in [2.05, 4.69) is 15.3 Å². The van der Waals surface area contributed by atoms with Crippen molar-refractivity contribution in [2.24, 2.45) is 5.92 Å². The van der Waals surface area contributed by atoms with Crippen LogP contribution in [0.3, 0.4) is 0 Å². The quantitative estimate of drug-likeness (QED) is 0.722. The maximum atomic E-state index is 12.0. The number of aryl methyl sites for hydroxylation is 1. The molecule has 3 rings (SSSR count). The van der Waals surface area contributed by atoms with Crippen molar-refractivity contribution in [3.63, 3.8) is 0 Å². The van der Waals surface area contributed by atoms with Gasteiger partial charge in [-0.3, -0.25) is 4.79 Å². The van der Waals surface area contributed by atoms with Gasteiger partial charge in [0.05, 0.1) is 25.3 Å². The van der Waals surface area contributed by atoms with Crippen LogP contribution in [0.2, 0.25) is 0 Å². The molecule has 0 atom stereocenters. The predicted octanol–water partition coefficient (Wildman–Crippen LogP) is 4.15. The molecule has 0 radical (unpaired) electrons. The largest absolute Gasteiger partial charge is 0.493 e. The summed E-state index contributed by atoms with van der Waals surface area (Å²) in [5, 5.41) is 2.97. The third-order valence-electron chi connectivity index (χ3n) is 4.28. The molecular formula is C20H23N3O3. The number of methoxy groups -OCH3 is 2. The van der Waals surface area contributed by atoms with Gasteiger partial charge in [0.25, 0.3) is 0 Å². The number of carbonyl (C=O) groups is 1. The summed E-state index contributed by atoms with van der Waals surface area (Å²) in [5.74, 6) is 1.90. The highest BCUT2D eigenvalue weighted by molar-refractivity contribution is 5.93. The molecule has 6 nitrogen and oxygen atoms in total. The molecule has 0 spiro atoms. The van der Waals surface area contributed by atoms with E-state index in [0.29, 0.717) is 11.5 Å². The summed E-state index contributed by atoms with van der Waals surface area (Å²) in [6.45, 7) is 5.71. The van der Waals surface area contributed by atoms with E-state index < -0.39 is 0 Å².